The van der Waals surface area contributed by atoms with E-state index in [-0.39, 0.29) is 5.91 Å². The lowest BCUT2D eigenvalue weighted by molar-refractivity contribution is 0.0967. The molecule has 0 saturated heterocycles. The Morgan fingerprint density at radius 2 is 2.36 bits per heavy atom. The highest BCUT2D eigenvalue weighted by atomic mass is 79.9. The van der Waals surface area contributed by atoms with Crippen LogP contribution >= 0.6 is 27.3 Å². The summed E-state index contributed by atoms with van der Waals surface area (Å²) in [5.41, 5.74) is 1.11. The minimum Gasteiger partial charge on any atom is -0.354 e. The van der Waals surface area contributed by atoms with Crippen molar-refractivity contribution in [2.75, 3.05) is 7.05 Å². The third-order valence-electron chi connectivity index (χ3n) is 1.31. The standard InChI is InChI=1S/C7H8BrNOS/c1-4-3-5(7(10)9-2)11-6(4)8/h3H,1-2H3,(H,9,10). The van der Waals surface area contributed by atoms with Crippen molar-refractivity contribution in [2.24, 2.45) is 0 Å². The smallest absolute Gasteiger partial charge is 0.261 e. The first kappa shape index (κ1) is 8.74. The monoisotopic (exact) mass is 233 g/mol. The highest BCUT2D eigenvalue weighted by molar-refractivity contribution is 9.11. The summed E-state index contributed by atoms with van der Waals surface area (Å²) < 4.78 is 1.02. The molecule has 0 atom stereocenters. The average Bonchev–Trinajstić information content (AvgIpc) is 2.31. The Balaban J connectivity index is 2.97. The van der Waals surface area contributed by atoms with Crippen molar-refractivity contribution in [1.82, 2.24) is 5.32 Å². The quantitative estimate of drug-likeness (QED) is 0.792. The van der Waals surface area contributed by atoms with E-state index in [4.69, 9.17) is 0 Å². The number of carbonyl (C=O) groups is 1. The second-order valence-corrected chi connectivity index (χ2v) is 4.52. The molecule has 0 bridgehead atoms. The molecule has 11 heavy (non-hydrogen) atoms. The van der Waals surface area contributed by atoms with E-state index in [1.165, 1.54) is 11.3 Å². The molecule has 1 rings (SSSR count). The van der Waals surface area contributed by atoms with Crippen LogP contribution in [0.4, 0.5) is 0 Å². The maximum atomic E-state index is 11.1. The summed E-state index contributed by atoms with van der Waals surface area (Å²) in [5, 5.41) is 2.57. The van der Waals surface area contributed by atoms with Gasteiger partial charge in [0.1, 0.15) is 0 Å². The molecule has 1 N–H and O–H groups in total. The lowest BCUT2D eigenvalue weighted by atomic mass is 10.3. The summed E-state index contributed by atoms with van der Waals surface area (Å²) in [6, 6.07) is 1.87. The van der Waals surface area contributed by atoms with Crippen LogP contribution in [-0.4, -0.2) is 13.0 Å². The fourth-order valence-electron chi connectivity index (χ4n) is 0.695. The van der Waals surface area contributed by atoms with E-state index in [1.807, 2.05) is 13.0 Å². The van der Waals surface area contributed by atoms with E-state index in [0.717, 1.165) is 14.2 Å². The van der Waals surface area contributed by atoms with E-state index in [2.05, 4.69) is 21.2 Å². The van der Waals surface area contributed by atoms with Gasteiger partial charge in [-0.1, -0.05) is 0 Å². The lowest BCUT2D eigenvalue weighted by Crippen LogP contribution is -2.15. The number of thiophene rings is 1. The summed E-state index contributed by atoms with van der Waals surface area (Å²) in [6.45, 7) is 1.97. The SMILES string of the molecule is CNC(=O)c1cc(C)c(Br)s1. The topological polar surface area (TPSA) is 29.1 Å². The normalized spacial score (nSPS) is 9.73. The molecule has 0 aromatic carbocycles. The van der Waals surface area contributed by atoms with Gasteiger partial charge in [-0.05, 0) is 34.5 Å². The van der Waals surface area contributed by atoms with Gasteiger partial charge in [0.05, 0.1) is 8.66 Å². The molecular formula is C7H8BrNOS. The molecule has 0 aliphatic heterocycles. The zero-order valence-electron chi connectivity index (χ0n) is 6.27. The van der Waals surface area contributed by atoms with Crippen LogP contribution in [0.15, 0.2) is 9.85 Å². The first-order valence-electron chi connectivity index (χ1n) is 3.13. The predicted molar refractivity (Wildman–Crippen MR) is 50.1 cm³/mol. The van der Waals surface area contributed by atoms with E-state index in [9.17, 15) is 4.79 Å². The maximum Gasteiger partial charge on any atom is 0.261 e. The molecule has 0 spiro atoms. The highest BCUT2D eigenvalue weighted by Gasteiger charge is 2.08. The number of rotatable bonds is 1. The van der Waals surface area contributed by atoms with Crippen LogP contribution in [0.5, 0.6) is 0 Å². The van der Waals surface area contributed by atoms with E-state index in [0.29, 0.717) is 0 Å². The molecule has 0 aliphatic rings. The Labute approximate surface area is 77.7 Å². The Morgan fingerprint density at radius 1 is 1.73 bits per heavy atom. The molecule has 1 heterocycles. The Morgan fingerprint density at radius 3 is 2.73 bits per heavy atom. The van der Waals surface area contributed by atoms with Crippen LogP contribution in [-0.2, 0) is 0 Å². The van der Waals surface area contributed by atoms with Crippen molar-refractivity contribution >= 4 is 33.2 Å². The maximum absolute atomic E-state index is 11.1. The molecule has 4 heteroatoms. The van der Waals surface area contributed by atoms with Gasteiger partial charge >= 0.3 is 0 Å². The number of halogens is 1. The third kappa shape index (κ3) is 1.81. The number of carbonyl (C=O) groups excluding carboxylic acids is 1. The second-order valence-electron chi connectivity index (χ2n) is 2.15. The number of amides is 1. The molecular weight excluding hydrogens is 226 g/mol. The van der Waals surface area contributed by atoms with Crippen molar-refractivity contribution in [1.29, 1.82) is 0 Å². The zero-order chi connectivity index (χ0) is 8.43. The third-order valence-corrected chi connectivity index (χ3v) is 3.44. The van der Waals surface area contributed by atoms with Crippen LogP contribution in [0, 0.1) is 6.92 Å². The molecule has 1 aromatic heterocycles. The molecule has 1 amide bonds. The van der Waals surface area contributed by atoms with Gasteiger partial charge in [-0.15, -0.1) is 11.3 Å². The summed E-state index contributed by atoms with van der Waals surface area (Å²) >= 11 is 4.80. The van der Waals surface area contributed by atoms with E-state index in [1.54, 1.807) is 7.05 Å². The Hall–Kier alpha value is -0.350. The summed E-state index contributed by atoms with van der Waals surface area (Å²) in [4.78, 5) is 11.8. The van der Waals surface area contributed by atoms with Crippen molar-refractivity contribution in [3.63, 3.8) is 0 Å². The Bertz CT molecular complexity index is 262. The molecule has 2 nitrogen and oxygen atoms in total. The van der Waals surface area contributed by atoms with Crippen LogP contribution < -0.4 is 5.32 Å². The highest BCUT2D eigenvalue weighted by Crippen LogP contribution is 2.26. The largest absolute Gasteiger partial charge is 0.354 e. The molecule has 1 aromatic rings. The summed E-state index contributed by atoms with van der Waals surface area (Å²) in [7, 11) is 1.63. The van der Waals surface area contributed by atoms with Gasteiger partial charge in [0, 0.05) is 7.05 Å². The van der Waals surface area contributed by atoms with Crippen molar-refractivity contribution in [3.05, 3.63) is 20.3 Å². The number of hydrogen-bond donors (Lipinski definition) is 1. The van der Waals surface area contributed by atoms with Gasteiger partial charge in [-0.25, -0.2) is 0 Å². The van der Waals surface area contributed by atoms with E-state index < -0.39 is 0 Å². The van der Waals surface area contributed by atoms with Gasteiger partial charge in [0.2, 0.25) is 0 Å². The van der Waals surface area contributed by atoms with Crippen molar-refractivity contribution in [2.45, 2.75) is 6.92 Å². The molecule has 0 unspecified atom stereocenters. The first-order chi connectivity index (χ1) is 5.15. The number of nitrogens with one attached hydrogen (secondary N) is 1. The molecule has 0 radical (unpaired) electrons. The van der Waals surface area contributed by atoms with Gasteiger partial charge in [0.15, 0.2) is 0 Å². The fraction of sp³-hybridized carbons (Fsp3) is 0.286. The number of hydrogen-bond acceptors (Lipinski definition) is 2. The fourth-order valence-corrected chi connectivity index (χ4v) is 2.18. The summed E-state index contributed by atoms with van der Waals surface area (Å²) in [5.74, 6) is -0.0243. The van der Waals surface area contributed by atoms with Crippen LogP contribution in [0.25, 0.3) is 0 Å². The van der Waals surface area contributed by atoms with Gasteiger partial charge in [-0.3, -0.25) is 4.79 Å². The van der Waals surface area contributed by atoms with Gasteiger partial charge in [-0.2, -0.15) is 0 Å². The molecule has 60 valence electrons. The van der Waals surface area contributed by atoms with Gasteiger partial charge in [0.25, 0.3) is 5.91 Å². The van der Waals surface area contributed by atoms with Gasteiger partial charge < -0.3 is 5.32 Å². The first-order valence-corrected chi connectivity index (χ1v) is 4.74. The van der Waals surface area contributed by atoms with Crippen LogP contribution in [0.3, 0.4) is 0 Å². The molecule has 0 fully saturated rings. The average molecular weight is 234 g/mol. The van der Waals surface area contributed by atoms with Crippen LogP contribution in [0.2, 0.25) is 0 Å². The minimum atomic E-state index is -0.0243. The van der Waals surface area contributed by atoms with Crippen LogP contribution in [0.1, 0.15) is 15.2 Å². The number of aryl methyl sites for hydroxylation is 1. The zero-order valence-corrected chi connectivity index (χ0v) is 8.67. The van der Waals surface area contributed by atoms with Crippen molar-refractivity contribution in [3.8, 4) is 0 Å². The Kier molecular flexibility index (Phi) is 2.67. The second kappa shape index (κ2) is 3.36. The molecule has 0 aliphatic carbocycles. The summed E-state index contributed by atoms with van der Waals surface area (Å²) in [6.07, 6.45) is 0. The van der Waals surface area contributed by atoms with E-state index >= 15 is 0 Å². The molecule has 0 saturated carbocycles. The predicted octanol–water partition coefficient (Wildman–Crippen LogP) is 2.18. The minimum absolute atomic E-state index is 0.0243. The van der Waals surface area contributed by atoms with Crippen molar-refractivity contribution < 1.29 is 4.79 Å². The lowest BCUT2D eigenvalue weighted by Gasteiger charge is -1.90.